The number of hydrogen-bond acceptors (Lipinski definition) is 2. The van der Waals surface area contributed by atoms with E-state index in [-0.39, 0.29) is 11.6 Å². The Balaban J connectivity index is 1.86. The average molecular weight is 344 g/mol. The second-order valence-corrected chi connectivity index (χ2v) is 7.37. The minimum Gasteiger partial charge on any atom is -0.324 e. The third-order valence-corrected chi connectivity index (χ3v) is 5.54. The van der Waals surface area contributed by atoms with Gasteiger partial charge in [0.1, 0.15) is 0 Å². The molecule has 3 aromatic rings. The first kappa shape index (κ1) is 16.8. The van der Waals surface area contributed by atoms with E-state index in [1.807, 2.05) is 12.3 Å². The van der Waals surface area contributed by atoms with Gasteiger partial charge in [0, 0.05) is 25.4 Å². The smallest absolute Gasteiger partial charge is 0.250 e. The third kappa shape index (κ3) is 2.69. The number of hydrogen-bond donors (Lipinski definition) is 1. The maximum absolute atomic E-state index is 11.7. The van der Waals surface area contributed by atoms with Crippen molar-refractivity contribution in [2.75, 3.05) is 0 Å². The molecule has 3 nitrogen and oxygen atoms in total. The molecule has 1 atom stereocenters. The first-order chi connectivity index (χ1) is 12.5. The van der Waals surface area contributed by atoms with Gasteiger partial charge in [0.25, 0.3) is 0 Å². The zero-order chi connectivity index (χ0) is 18.4. The summed E-state index contributed by atoms with van der Waals surface area (Å²) < 4.78 is 1.62. The molecule has 4 rings (SSSR count). The Kier molecular flexibility index (Phi) is 4.04. The molecule has 1 heterocycles. The Morgan fingerprint density at radius 2 is 1.77 bits per heavy atom. The van der Waals surface area contributed by atoms with Crippen LogP contribution < -0.4 is 11.3 Å². The molecule has 132 valence electrons. The molecule has 1 aliphatic carbocycles. The Hall–Kier alpha value is -2.65. The summed E-state index contributed by atoms with van der Waals surface area (Å²) in [4.78, 5) is 11.7. The predicted octanol–water partition coefficient (Wildman–Crippen LogP) is 4.28. The van der Waals surface area contributed by atoms with Crippen LogP contribution in [0, 0.1) is 13.8 Å². The number of nitrogens with zero attached hydrogens (tertiary/aromatic N) is 1. The summed E-state index contributed by atoms with van der Waals surface area (Å²) in [6.07, 6.45) is 3.98. The fourth-order valence-corrected chi connectivity index (χ4v) is 4.24. The molecule has 0 fully saturated rings. The van der Waals surface area contributed by atoms with Gasteiger partial charge in [0.15, 0.2) is 0 Å². The summed E-state index contributed by atoms with van der Waals surface area (Å²) in [7, 11) is 1.79. The van der Waals surface area contributed by atoms with Gasteiger partial charge in [-0.3, -0.25) is 4.79 Å². The van der Waals surface area contributed by atoms with E-state index < -0.39 is 0 Å². The molecule has 0 unspecified atom stereocenters. The summed E-state index contributed by atoms with van der Waals surface area (Å²) in [5.74, 6) is 0. The highest BCUT2D eigenvalue weighted by molar-refractivity contribution is 5.79. The molecule has 0 radical (unpaired) electrons. The molecule has 1 aliphatic rings. The molecule has 1 aromatic heterocycles. The number of aryl methyl sites for hydroxylation is 3. The highest BCUT2D eigenvalue weighted by atomic mass is 16.1. The molecule has 0 bridgehead atoms. The van der Waals surface area contributed by atoms with E-state index in [1.165, 1.54) is 33.4 Å². The van der Waals surface area contributed by atoms with E-state index in [0.717, 1.165) is 24.0 Å². The number of rotatable bonds is 2. The molecular weight excluding hydrogens is 320 g/mol. The van der Waals surface area contributed by atoms with Gasteiger partial charge in [0.05, 0.1) is 0 Å². The quantitative estimate of drug-likeness (QED) is 0.754. The zero-order valence-corrected chi connectivity index (χ0v) is 15.5. The summed E-state index contributed by atoms with van der Waals surface area (Å²) in [6, 6.07) is 14.6. The Bertz CT molecular complexity index is 1040. The zero-order valence-electron chi connectivity index (χ0n) is 15.5. The molecule has 3 heteroatoms. The maximum atomic E-state index is 11.7. The number of nitrogens with two attached hydrogens (primary N) is 1. The lowest BCUT2D eigenvalue weighted by Crippen LogP contribution is -2.13. The van der Waals surface area contributed by atoms with Gasteiger partial charge in [-0.1, -0.05) is 30.3 Å². The van der Waals surface area contributed by atoms with Crippen molar-refractivity contribution in [3.63, 3.8) is 0 Å². The van der Waals surface area contributed by atoms with E-state index >= 15 is 0 Å². The van der Waals surface area contributed by atoms with Crippen molar-refractivity contribution in [2.24, 2.45) is 12.8 Å². The van der Waals surface area contributed by atoms with E-state index in [1.54, 1.807) is 17.7 Å². The number of benzene rings is 2. The van der Waals surface area contributed by atoms with Gasteiger partial charge < -0.3 is 10.3 Å². The van der Waals surface area contributed by atoms with Crippen molar-refractivity contribution < 1.29 is 0 Å². The molecule has 0 aliphatic heterocycles. The molecule has 0 amide bonds. The SMILES string of the molecule is Cc1cc(-c2ccc(=O)n(C)c2)cc(C)c1-c1cccc2c1CC[C@H]2N. The fraction of sp³-hybridized carbons (Fsp3) is 0.261. The maximum Gasteiger partial charge on any atom is 0.250 e. The summed E-state index contributed by atoms with van der Waals surface area (Å²) in [5.41, 5.74) is 16.3. The average Bonchev–Trinajstić information content (AvgIpc) is 2.99. The van der Waals surface area contributed by atoms with E-state index in [4.69, 9.17) is 5.73 Å². The third-order valence-electron chi connectivity index (χ3n) is 5.54. The number of fused-ring (bicyclic) bond motifs is 1. The molecule has 0 saturated carbocycles. The largest absolute Gasteiger partial charge is 0.324 e. The van der Waals surface area contributed by atoms with Gasteiger partial charge in [-0.2, -0.15) is 0 Å². The lowest BCUT2D eigenvalue weighted by molar-refractivity contribution is 0.713. The van der Waals surface area contributed by atoms with Gasteiger partial charge in [-0.15, -0.1) is 0 Å². The van der Waals surface area contributed by atoms with Crippen LogP contribution in [0.3, 0.4) is 0 Å². The molecule has 2 N–H and O–H groups in total. The van der Waals surface area contributed by atoms with Crippen molar-refractivity contribution >= 4 is 0 Å². The van der Waals surface area contributed by atoms with Crippen molar-refractivity contribution in [1.82, 2.24) is 4.57 Å². The van der Waals surface area contributed by atoms with E-state index in [0.29, 0.717) is 0 Å². The van der Waals surface area contributed by atoms with Gasteiger partial charge in [0.2, 0.25) is 5.56 Å². The summed E-state index contributed by atoms with van der Waals surface area (Å²) in [6.45, 7) is 4.34. The predicted molar refractivity (Wildman–Crippen MR) is 107 cm³/mol. The van der Waals surface area contributed by atoms with Crippen molar-refractivity contribution in [3.8, 4) is 22.3 Å². The van der Waals surface area contributed by atoms with Crippen LogP contribution in [-0.4, -0.2) is 4.57 Å². The molecule has 26 heavy (non-hydrogen) atoms. The first-order valence-corrected chi connectivity index (χ1v) is 9.12. The Morgan fingerprint density at radius 1 is 1.04 bits per heavy atom. The lowest BCUT2D eigenvalue weighted by Gasteiger charge is -2.17. The van der Waals surface area contributed by atoms with Gasteiger partial charge in [-0.05, 0) is 77.3 Å². The normalized spacial score (nSPS) is 15.9. The highest BCUT2D eigenvalue weighted by Gasteiger charge is 2.23. The number of aromatic nitrogens is 1. The van der Waals surface area contributed by atoms with Crippen LogP contribution in [0.2, 0.25) is 0 Å². The van der Waals surface area contributed by atoms with Crippen LogP contribution >= 0.6 is 0 Å². The second-order valence-electron chi connectivity index (χ2n) is 7.37. The van der Waals surface area contributed by atoms with Crippen LogP contribution in [0.25, 0.3) is 22.3 Å². The van der Waals surface area contributed by atoms with Crippen LogP contribution in [0.5, 0.6) is 0 Å². The Morgan fingerprint density at radius 3 is 2.46 bits per heavy atom. The standard InChI is InChI=1S/C23H24N2O/c1-14-11-17(16-7-10-22(26)25(3)13-16)12-15(2)23(14)20-6-4-5-19-18(20)8-9-21(19)24/h4-7,10-13,21H,8-9,24H2,1-3H3/t21-/m1/s1. The van der Waals surface area contributed by atoms with Crippen molar-refractivity contribution in [3.05, 3.63) is 81.3 Å². The van der Waals surface area contributed by atoms with E-state index in [2.05, 4.69) is 44.2 Å². The van der Waals surface area contributed by atoms with Crippen molar-refractivity contribution in [2.45, 2.75) is 32.7 Å². The van der Waals surface area contributed by atoms with Gasteiger partial charge in [-0.25, -0.2) is 0 Å². The summed E-state index contributed by atoms with van der Waals surface area (Å²) in [5, 5.41) is 0. The van der Waals surface area contributed by atoms with Crippen LogP contribution in [0.15, 0.2) is 53.5 Å². The molecular formula is C23H24N2O. The minimum atomic E-state index is 0.00926. The highest BCUT2D eigenvalue weighted by Crippen LogP contribution is 2.40. The number of pyridine rings is 1. The second kappa shape index (κ2) is 6.26. The van der Waals surface area contributed by atoms with E-state index in [9.17, 15) is 4.79 Å². The molecule has 0 saturated heterocycles. The monoisotopic (exact) mass is 344 g/mol. The lowest BCUT2D eigenvalue weighted by atomic mass is 9.88. The first-order valence-electron chi connectivity index (χ1n) is 9.12. The molecule has 2 aromatic carbocycles. The van der Waals surface area contributed by atoms with Crippen LogP contribution in [0.4, 0.5) is 0 Å². The van der Waals surface area contributed by atoms with Crippen LogP contribution in [-0.2, 0) is 13.5 Å². The topological polar surface area (TPSA) is 48.0 Å². The van der Waals surface area contributed by atoms with Gasteiger partial charge >= 0.3 is 0 Å². The molecule has 0 spiro atoms. The fourth-order valence-electron chi connectivity index (χ4n) is 4.24. The summed E-state index contributed by atoms with van der Waals surface area (Å²) >= 11 is 0. The minimum absolute atomic E-state index is 0.00926. The van der Waals surface area contributed by atoms with Crippen LogP contribution in [0.1, 0.15) is 34.7 Å². The Labute approximate surface area is 154 Å². The van der Waals surface area contributed by atoms with Crippen molar-refractivity contribution in [1.29, 1.82) is 0 Å².